The maximum Gasteiger partial charge on any atom is 0.156 e. The molecule has 1 aromatic rings. The van der Waals surface area contributed by atoms with Crippen LogP contribution in [0.1, 0.15) is 18.5 Å². The minimum atomic E-state index is -3.24. The number of aliphatic hydroxyl groups excluding tert-OH is 1. The summed E-state index contributed by atoms with van der Waals surface area (Å²) in [5.41, 5.74) is 6.51. The fourth-order valence-corrected chi connectivity index (χ4v) is 3.90. The van der Waals surface area contributed by atoms with E-state index in [-0.39, 0.29) is 17.5 Å². The van der Waals surface area contributed by atoms with Crippen LogP contribution in [0.5, 0.6) is 5.75 Å². The fourth-order valence-electron chi connectivity index (χ4n) is 2.06. The first-order valence-corrected chi connectivity index (χ1v) is 8.08. The summed E-state index contributed by atoms with van der Waals surface area (Å²) in [6, 6.07) is 4.65. The lowest BCUT2D eigenvalue weighted by molar-refractivity contribution is 0.0729. The predicted molar refractivity (Wildman–Crippen MR) is 73.1 cm³/mol. The molecule has 1 aliphatic heterocycles. The van der Waals surface area contributed by atoms with Gasteiger partial charge in [-0.25, -0.2) is 8.42 Å². The number of hydrogen-bond donors (Lipinski definition) is 2. The average molecular weight is 306 g/mol. The summed E-state index contributed by atoms with van der Waals surface area (Å²) in [5.74, 6) is 0.00840. The van der Waals surface area contributed by atoms with Gasteiger partial charge in [-0.1, -0.05) is 11.6 Å². The van der Waals surface area contributed by atoms with E-state index in [1.165, 1.54) is 0 Å². The molecule has 0 aromatic heterocycles. The quantitative estimate of drug-likeness (QED) is 0.866. The van der Waals surface area contributed by atoms with Crippen LogP contribution in [0.15, 0.2) is 18.2 Å². The summed E-state index contributed by atoms with van der Waals surface area (Å²) in [7, 11) is -3.24. The molecule has 1 aliphatic rings. The highest BCUT2D eigenvalue weighted by molar-refractivity contribution is 7.91. The third kappa shape index (κ3) is 3.39. The number of hydrogen-bond acceptors (Lipinski definition) is 5. The minimum Gasteiger partial charge on any atom is -0.486 e. The van der Waals surface area contributed by atoms with E-state index in [4.69, 9.17) is 22.1 Å². The Balaban J connectivity index is 2.25. The topological polar surface area (TPSA) is 89.6 Å². The fraction of sp³-hybridized carbons (Fsp3) is 0.500. The van der Waals surface area contributed by atoms with E-state index in [1.54, 1.807) is 25.1 Å². The van der Waals surface area contributed by atoms with Crippen molar-refractivity contribution in [2.75, 3.05) is 11.5 Å². The maximum absolute atomic E-state index is 11.4. The molecule has 1 fully saturated rings. The van der Waals surface area contributed by atoms with E-state index in [9.17, 15) is 13.5 Å². The van der Waals surface area contributed by atoms with E-state index < -0.39 is 22.0 Å². The highest BCUT2D eigenvalue weighted by atomic mass is 35.5. The molecule has 1 heterocycles. The summed E-state index contributed by atoms with van der Waals surface area (Å²) in [5, 5.41) is 10.2. The van der Waals surface area contributed by atoms with Crippen molar-refractivity contribution < 1.29 is 18.3 Å². The monoisotopic (exact) mass is 305 g/mol. The zero-order valence-corrected chi connectivity index (χ0v) is 12.0. The number of halogens is 1. The van der Waals surface area contributed by atoms with Gasteiger partial charge in [0.1, 0.15) is 18.0 Å². The normalized spacial score (nSPS) is 27.2. The molecular weight excluding hydrogens is 290 g/mol. The SMILES string of the molecule is C[C@H](N)c1cc(Cl)ccc1OC1CS(=O)(=O)CC1O. The van der Waals surface area contributed by atoms with Crippen LogP contribution >= 0.6 is 11.6 Å². The summed E-state index contributed by atoms with van der Waals surface area (Å²) < 4.78 is 28.5. The van der Waals surface area contributed by atoms with E-state index >= 15 is 0 Å². The van der Waals surface area contributed by atoms with Crippen LogP contribution in [0.2, 0.25) is 5.02 Å². The molecule has 1 aromatic carbocycles. The van der Waals surface area contributed by atoms with Crippen LogP contribution in [-0.2, 0) is 9.84 Å². The number of ether oxygens (including phenoxy) is 1. The number of benzene rings is 1. The molecule has 2 rings (SSSR count). The number of sulfone groups is 1. The lowest BCUT2D eigenvalue weighted by Crippen LogP contribution is -2.30. The van der Waals surface area contributed by atoms with Gasteiger partial charge in [-0.2, -0.15) is 0 Å². The molecule has 0 saturated carbocycles. The van der Waals surface area contributed by atoms with Crippen LogP contribution in [0, 0.1) is 0 Å². The first-order chi connectivity index (χ1) is 8.78. The first kappa shape index (κ1) is 14.6. The van der Waals surface area contributed by atoms with Crippen LogP contribution in [-0.4, -0.2) is 37.2 Å². The molecular formula is C12H16ClNO4S. The second-order valence-electron chi connectivity index (χ2n) is 4.77. The second kappa shape index (κ2) is 5.28. The maximum atomic E-state index is 11.4. The van der Waals surface area contributed by atoms with Gasteiger partial charge in [-0.3, -0.25) is 0 Å². The van der Waals surface area contributed by atoms with Gasteiger partial charge >= 0.3 is 0 Å². The molecule has 19 heavy (non-hydrogen) atoms. The summed E-state index contributed by atoms with van der Waals surface area (Å²) in [6.07, 6.45) is -1.77. The van der Waals surface area contributed by atoms with Crippen LogP contribution in [0.25, 0.3) is 0 Å². The van der Waals surface area contributed by atoms with Crippen molar-refractivity contribution in [3.63, 3.8) is 0 Å². The molecule has 0 amide bonds. The van der Waals surface area contributed by atoms with Crippen molar-refractivity contribution in [1.29, 1.82) is 0 Å². The van der Waals surface area contributed by atoms with Crippen molar-refractivity contribution in [2.24, 2.45) is 5.73 Å². The van der Waals surface area contributed by atoms with E-state index in [2.05, 4.69) is 0 Å². The second-order valence-corrected chi connectivity index (χ2v) is 7.36. The molecule has 5 nitrogen and oxygen atoms in total. The molecule has 3 atom stereocenters. The largest absolute Gasteiger partial charge is 0.486 e. The Morgan fingerprint density at radius 3 is 2.68 bits per heavy atom. The zero-order chi connectivity index (χ0) is 14.2. The van der Waals surface area contributed by atoms with Crippen molar-refractivity contribution in [3.8, 4) is 5.75 Å². The van der Waals surface area contributed by atoms with Crippen molar-refractivity contribution in [1.82, 2.24) is 0 Å². The molecule has 0 bridgehead atoms. The molecule has 7 heteroatoms. The van der Waals surface area contributed by atoms with Gasteiger partial charge in [0.25, 0.3) is 0 Å². The number of rotatable bonds is 3. The van der Waals surface area contributed by atoms with Crippen molar-refractivity contribution in [2.45, 2.75) is 25.2 Å². The highest BCUT2D eigenvalue weighted by Gasteiger charge is 2.38. The van der Waals surface area contributed by atoms with Gasteiger partial charge in [0.2, 0.25) is 0 Å². The molecule has 3 N–H and O–H groups in total. The Morgan fingerprint density at radius 2 is 2.16 bits per heavy atom. The molecule has 0 spiro atoms. The third-order valence-electron chi connectivity index (χ3n) is 3.01. The predicted octanol–water partition coefficient (Wildman–Crippen LogP) is 0.896. The van der Waals surface area contributed by atoms with E-state index in [0.717, 1.165) is 0 Å². The van der Waals surface area contributed by atoms with Crippen molar-refractivity contribution >= 4 is 21.4 Å². The number of nitrogens with two attached hydrogens (primary N) is 1. The van der Waals surface area contributed by atoms with Crippen molar-refractivity contribution in [3.05, 3.63) is 28.8 Å². The molecule has 0 aliphatic carbocycles. The van der Waals surface area contributed by atoms with E-state index in [0.29, 0.717) is 16.3 Å². The van der Waals surface area contributed by atoms with Gasteiger partial charge < -0.3 is 15.6 Å². The lowest BCUT2D eigenvalue weighted by atomic mass is 10.1. The smallest absolute Gasteiger partial charge is 0.156 e. The van der Waals surface area contributed by atoms with Gasteiger partial charge in [-0.05, 0) is 25.1 Å². The lowest BCUT2D eigenvalue weighted by Gasteiger charge is -2.20. The summed E-state index contributed by atoms with van der Waals surface area (Å²) in [4.78, 5) is 0. The highest BCUT2D eigenvalue weighted by Crippen LogP contribution is 2.29. The zero-order valence-electron chi connectivity index (χ0n) is 10.4. The van der Waals surface area contributed by atoms with Gasteiger partial charge in [0.15, 0.2) is 9.84 Å². The third-order valence-corrected chi connectivity index (χ3v) is 4.93. The Labute approximate surface area is 117 Å². The van der Waals surface area contributed by atoms with Gasteiger partial charge in [0.05, 0.1) is 11.5 Å². The summed E-state index contributed by atoms with van der Waals surface area (Å²) >= 11 is 5.90. The van der Waals surface area contributed by atoms with Gasteiger partial charge in [0, 0.05) is 16.6 Å². The Morgan fingerprint density at radius 1 is 1.47 bits per heavy atom. The first-order valence-electron chi connectivity index (χ1n) is 5.88. The molecule has 106 valence electrons. The van der Waals surface area contributed by atoms with Crippen LogP contribution in [0.4, 0.5) is 0 Å². The standard InChI is InChI=1S/C12H16ClNO4S/c1-7(14)9-4-8(13)2-3-11(9)18-12-6-19(16,17)5-10(12)15/h2-4,7,10,12,15H,5-6,14H2,1H3/t7-,10?,12?/m0/s1. The minimum absolute atomic E-state index is 0.185. The Hall–Kier alpha value is -0.820. The summed E-state index contributed by atoms with van der Waals surface area (Å²) in [6.45, 7) is 1.78. The Kier molecular flexibility index (Phi) is 4.06. The van der Waals surface area contributed by atoms with Crippen LogP contribution < -0.4 is 10.5 Å². The van der Waals surface area contributed by atoms with E-state index in [1.807, 2.05) is 0 Å². The average Bonchev–Trinajstić information content (AvgIpc) is 2.54. The van der Waals surface area contributed by atoms with Gasteiger partial charge in [-0.15, -0.1) is 0 Å². The number of aliphatic hydroxyl groups is 1. The molecule has 0 radical (unpaired) electrons. The Bertz CT molecular complexity index is 573. The van der Waals surface area contributed by atoms with Crippen LogP contribution in [0.3, 0.4) is 0 Å². The molecule has 1 saturated heterocycles. The molecule has 2 unspecified atom stereocenters.